The minimum Gasteiger partial charge on any atom is -0.497 e. The summed E-state index contributed by atoms with van der Waals surface area (Å²) < 4.78 is 65.1. The van der Waals surface area contributed by atoms with Crippen molar-refractivity contribution in [2.24, 2.45) is 5.14 Å². The molecule has 0 fully saturated rings. The van der Waals surface area contributed by atoms with Crippen LogP contribution < -0.4 is 9.88 Å². The Labute approximate surface area is 147 Å². The van der Waals surface area contributed by atoms with Crippen molar-refractivity contribution in [1.82, 2.24) is 0 Å². The van der Waals surface area contributed by atoms with Gasteiger partial charge in [0.25, 0.3) is 9.05 Å². The number of nitrogens with two attached hydrogens (primary N) is 1. The normalized spacial score (nSPS) is 12.0. The first kappa shape index (κ1) is 19.3. The first-order valence-electron chi connectivity index (χ1n) is 6.45. The van der Waals surface area contributed by atoms with Crippen LogP contribution in [0.15, 0.2) is 46.2 Å². The number of carbonyl (C=O) groups is 1. The zero-order valence-corrected chi connectivity index (χ0v) is 15.0. The van der Waals surface area contributed by atoms with Crippen molar-refractivity contribution in [2.45, 2.75) is 9.79 Å². The van der Waals surface area contributed by atoms with Gasteiger partial charge in [-0.3, -0.25) is 4.79 Å². The van der Waals surface area contributed by atoms with Crippen LogP contribution in [0, 0.1) is 5.82 Å². The van der Waals surface area contributed by atoms with Crippen LogP contribution in [0.3, 0.4) is 0 Å². The molecule has 7 nitrogen and oxygen atoms in total. The Morgan fingerprint density at radius 2 is 1.56 bits per heavy atom. The van der Waals surface area contributed by atoms with Crippen LogP contribution in [0.1, 0.15) is 15.9 Å². The van der Waals surface area contributed by atoms with E-state index in [2.05, 4.69) is 0 Å². The highest BCUT2D eigenvalue weighted by molar-refractivity contribution is 8.13. The molecule has 0 atom stereocenters. The van der Waals surface area contributed by atoms with Crippen LogP contribution in [-0.2, 0) is 19.1 Å². The highest BCUT2D eigenvalue weighted by Gasteiger charge is 2.27. The van der Waals surface area contributed by atoms with Crippen molar-refractivity contribution in [3.63, 3.8) is 0 Å². The molecule has 0 radical (unpaired) electrons. The van der Waals surface area contributed by atoms with E-state index in [0.29, 0.717) is 17.9 Å². The summed E-state index contributed by atoms with van der Waals surface area (Å²) in [6.45, 7) is 0. The number of primary sulfonamides is 1. The minimum atomic E-state index is -4.66. The molecule has 0 saturated heterocycles. The zero-order chi connectivity index (χ0) is 19.0. The molecule has 2 aromatic rings. The van der Waals surface area contributed by atoms with Crippen LogP contribution >= 0.6 is 10.7 Å². The first-order valence-corrected chi connectivity index (χ1v) is 10.3. The predicted octanol–water partition coefficient (Wildman–Crippen LogP) is 1.64. The molecule has 0 spiro atoms. The smallest absolute Gasteiger partial charge is 0.264 e. The van der Waals surface area contributed by atoms with Gasteiger partial charge in [-0.1, -0.05) is 0 Å². The average Bonchev–Trinajstić information content (AvgIpc) is 2.52. The fraction of sp³-hybridized carbons (Fsp3) is 0.0714. The molecule has 11 heteroatoms. The number of hydrogen-bond acceptors (Lipinski definition) is 6. The largest absolute Gasteiger partial charge is 0.497 e. The molecular weight excluding hydrogens is 397 g/mol. The predicted molar refractivity (Wildman–Crippen MR) is 87.2 cm³/mol. The number of ether oxygens (including phenoxy) is 1. The standard InChI is InChI=1S/C14H11ClFNO6S2/c1-23-10-4-2-8(3-5-10)14(18)9-6-11(24(15,19)20)13(16)12(7-9)25(17,21)22/h2-7H,1H3,(H2,17,21,22). The van der Waals surface area contributed by atoms with Crippen molar-refractivity contribution >= 4 is 35.5 Å². The van der Waals surface area contributed by atoms with E-state index in [4.69, 9.17) is 20.6 Å². The van der Waals surface area contributed by atoms with Crippen LogP contribution in [0.2, 0.25) is 0 Å². The van der Waals surface area contributed by atoms with Crippen molar-refractivity contribution in [3.05, 3.63) is 53.3 Å². The lowest BCUT2D eigenvalue weighted by Gasteiger charge is -2.09. The van der Waals surface area contributed by atoms with Gasteiger partial charge >= 0.3 is 0 Å². The topological polar surface area (TPSA) is 121 Å². The van der Waals surface area contributed by atoms with Crippen LogP contribution in [0.5, 0.6) is 5.75 Å². The summed E-state index contributed by atoms with van der Waals surface area (Å²) in [5, 5.41) is 4.88. The van der Waals surface area contributed by atoms with E-state index in [-0.39, 0.29) is 5.56 Å². The lowest BCUT2D eigenvalue weighted by molar-refractivity contribution is 0.103. The van der Waals surface area contributed by atoms with Gasteiger partial charge in [0.1, 0.15) is 15.5 Å². The van der Waals surface area contributed by atoms with Crippen molar-refractivity contribution in [3.8, 4) is 5.75 Å². The first-order chi connectivity index (χ1) is 11.4. The van der Waals surface area contributed by atoms with Gasteiger partial charge in [0.05, 0.1) is 7.11 Å². The molecule has 0 saturated carbocycles. The summed E-state index contributed by atoms with van der Waals surface area (Å²) >= 11 is 0. The lowest BCUT2D eigenvalue weighted by atomic mass is 10.0. The maximum absolute atomic E-state index is 14.2. The molecule has 0 aliphatic heterocycles. The summed E-state index contributed by atoms with van der Waals surface area (Å²) in [5.41, 5.74) is -0.319. The number of hydrogen-bond donors (Lipinski definition) is 1. The maximum Gasteiger partial charge on any atom is 0.264 e. The Morgan fingerprint density at radius 1 is 1.04 bits per heavy atom. The average molecular weight is 408 g/mol. The molecule has 0 aliphatic carbocycles. The Morgan fingerprint density at radius 3 is 2.00 bits per heavy atom. The minimum absolute atomic E-state index is 0.0886. The van der Waals surface area contributed by atoms with Gasteiger partial charge in [-0.05, 0) is 36.4 Å². The number of methoxy groups -OCH3 is 1. The Bertz CT molecular complexity index is 996. The number of sulfonamides is 1. The maximum atomic E-state index is 14.2. The molecule has 0 bridgehead atoms. The van der Waals surface area contributed by atoms with E-state index in [1.165, 1.54) is 31.4 Å². The van der Waals surface area contributed by atoms with E-state index in [1.54, 1.807) is 0 Å². The van der Waals surface area contributed by atoms with Gasteiger partial charge in [0, 0.05) is 21.8 Å². The van der Waals surface area contributed by atoms with Crippen molar-refractivity contribution < 1.29 is 30.8 Å². The molecule has 0 unspecified atom stereocenters. The lowest BCUT2D eigenvalue weighted by Crippen LogP contribution is -2.17. The molecule has 0 aromatic heterocycles. The van der Waals surface area contributed by atoms with Crippen LogP contribution in [0.25, 0.3) is 0 Å². The van der Waals surface area contributed by atoms with Gasteiger partial charge in [0.2, 0.25) is 10.0 Å². The summed E-state index contributed by atoms with van der Waals surface area (Å²) in [7, 11) is -2.76. The van der Waals surface area contributed by atoms with Gasteiger partial charge in [-0.25, -0.2) is 26.4 Å². The third-order valence-electron chi connectivity index (χ3n) is 3.19. The fourth-order valence-electron chi connectivity index (χ4n) is 2.00. The Hall–Kier alpha value is -2.01. The molecule has 2 rings (SSSR count). The third kappa shape index (κ3) is 4.15. The van der Waals surface area contributed by atoms with E-state index in [9.17, 15) is 26.0 Å². The van der Waals surface area contributed by atoms with Crippen LogP contribution in [0.4, 0.5) is 4.39 Å². The van der Waals surface area contributed by atoms with Crippen LogP contribution in [-0.4, -0.2) is 29.7 Å². The number of halogens is 2. The fourth-order valence-corrected chi connectivity index (χ4v) is 3.64. The van der Waals surface area contributed by atoms with E-state index in [0.717, 1.165) is 0 Å². The van der Waals surface area contributed by atoms with Crippen molar-refractivity contribution in [2.75, 3.05) is 7.11 Å². The molecule has 25 heavy (non-hydrogen) atoms. The number of carbonyl (C=O) groups excluding carboxylic acids is 1. The summed E-state index contributed by atoms with van der Waals surface area (Å²) in [6, 6.07) is 6.99. The van der Waals surface area contributed by atoms with Gasteiger partial charge in [0.15, 0.2) is 11.6 Å². The molecule has 0 heterocycles. The van der Waals surface area contributed by atoms with Gasteiger partial charge in [-0.2, -0.15) is 0 Å². The summed E-state index contributed by atoms with van der Waals surface area (Å²) in [5.74, 6) is -1.94. The summed E-state index contributed by atoms with van der Waals surface area (Å²) in [6.07, 6.45) is 0. The number of benzene rings is 2. The summed E-state index contributed by atoms with van der Waals surface area (Å²) in [4.78, 5) is 10.2. The molecule has 2 aromatic carbocycles. The quantitative estimate of drug-likeness (QED) is 0.594. The van der Waals surface area contributed by atoms with E-state index < -0.39 is 46.0 Å². The Kier molecular flexibility index (Phi) is 5.19. The number of ketones is 1. The monoisotopic (exact) mass is 407 g/mol. The highest BCUT2D eigenvalue weighted by atomic mass is 35.7. The van der Waals surface area contributed by atoms with Gasteiger partial charge < -0.3 is 4.74 Å². The van der Waals surface area contributed by atoms with Gasteiger partial charge in [-0.15, -0.1) is 0 Å². The second kappa shape index (κ2) is 6.71. The second-order valence-corrected chi connectivity index (χ2v) is 8.89. The van der Waals surface area contributed by atoms with E-state index in [1.807, 2.05) is 0 Å². The molecule has 134 valence electrons. The Balaban J connectivity index is 2.70. The number of rotatable bonds is 5. The third-order valence-corrected chi connectivity index (χ3v) is 5.42. The molecular formula is C14H11ClFNO6S2. The molecule has 0 aliphatic rings. The SMILES string of the molecule is COc1ccc(C(=O)c2cc(S(N)(=O)=O)c(F)c(S(=O)(=O)Cl)c2)cc1. The zero-order valence-electron chi connectivity index (χ0n) is 12.6. The highest BCUT2D eigenvalue weighted by Crippen LogP contribution is 2.27. The molecule has 0 amide bonds. The second-order valence-electron chi connectivity index (χ2n) is 4.83. The van der Waals surface area contributed by atoms with E-state index >= 15 is 0 Å². The molecule has 2 N–H and O–H groups in total. The van der Waals surface area contributed by atoms with Crippen molar-refractivity contribution in [1.29, 1.82) is 0 Å².